The largest absolute Gasteiger partial charge is 0.363 e. The molecule has 7 nitrogen and oxygen atoms in total. The van der Waals surface area contributed by atoms with Crippen LogP contribution in [0.2, 0.25) is 5.02 Å². The van der Waals surface area contributed by atoms with Crippen LogP contribution in [0.25, 0.3) is 0 Å². The van der Waals surface area contributed by atoms with E-state index < -0.39 is 6.03 Å². The lowest BCUT2D eigenvalue weighted by molar-refractivity contribution is -0.117. The number of benzene rings is 1. The molecule has 1 aliphatic heterocycles. The summed E-state index contributed by atoms with van der Waals surface area (Å²) < 4.78 is 4.62. The van der Waals surface area contributed by atoms with Gasteiger partial charge in [0.05, 0.1) is 6.04 Å². The molecule has 1 saturated heterocycles. The average molecular weight is 321 g/mol. The first-order chi connectivity index (χ1) is 10.6. The van der Waals surface area contributed by atoms with Crippen LogP contribution in [0.1, 0.15) is 6.42 Å². The van der Waals surface area contributed by atoms with Crippen molar-refractivity contribution in [3.63, 3.8) is 0 Å². The lowest BCUT2D eigenvalue weighted by Crippen LogP contribution is -2.39. The molecule has 3 rings (SSSR count). The number of urea groups is 1. The number of hydrogen-bond donors (Lipinski definition) is 2. The number of nitrogens with one attached hydrogen (secondary N) is 2. The van der Waals surface area contributed by atoms with Crippen molar-refractivity contribution in [1.82, 2.24) is 10.5 Å². The summed E-state index contributed by atoms with van der Waals surface area (Å²) in [4.78, 5) is 25.5. The molecule has 1 aliphatic rings. The lowest BCUT2D eigenvalue weighted by atomic mass is 10.2. The van der Waals surface area contributed by atoms with Crippen LogP contribution >= 0.6 is 11.6 Å². The second-order valence-electron chi connectivity index (χ2n) is 4.86. The van der Waals surface area contributed by atoms with Gasteiger partial charge in [-0.3, -0.25) is 10.1 Å². The van der Waals surface area contributed by atoms with Gasteiger partial charge in [-0.1, -0.05) is 16.8 Å². The number of rotatable bonds is 3. The van der Waals surface area contributed by atoms with Gasteiger partial charge in [0.2, 0.25) is 5.91 Å². The molecule has 2 N–H and O–H groups in total. The number of carbonyl (C=O) groups excluding carboxylic acids is 2. The van der Waals surface area contributed by atoms with Crippen molar-refractivity contribution in [2.45, 2.75) is 12.5 Å². The third kappa shape index (κ3) is 3.20. The highest BCUT2D eigenvalue weighted by atomic mass is 35.5. The fourth-order valence-corrected chi connectivity index (χ4v) is 2.42. The van der Waals surface area contributed by atoms with Crippen LogP contribution in [-0.2, 0) is 4.79 Å². The number of aromatic nitrogens is 1. The van der Waals surface area contributed by atoms with Crippen LogP contribution in [0.15, 0.2) is 41.1 Å². The normalized spacial score (nSPS) is 17.6. The molecule has 1 aromatic carbocycles. The Morgan fingerprint density at radius 1 is 1.32 bits per heavy atom. The Balaban J connectivity index is 1.59. The highest BCUT2D eigenvalue weighted by Crippen LogP contribution is 2.23. The zero-order chi connectivity index (χ0) is 15.5. The molecule has 0 radical (unpaired) electrons. The first-order valence-corrected chi connectivity index (χ1v) is 7.03. The number of halogens is 1. The highest BCUT2D eigenvalue weighted by Gasteiger charge is 2.31. The third-order valence-electron chi connectivity index (χ3n) is 3.28. The molecule has 22 heavy (non-hydrogen) atoms. The average Bonchev–Trinajstić information content (AvgIpc) is 3.10. The van der Waals surface area contributed by atoms with E-state index in [1.807, 2.05) is 0 Å². The topological polar surface area (TPSA) is 87.5 Å². The summed E-state index contributed by atoms with van der Waals surface area (Å²) in [6, 6.07) is 7.83. The van der Waals surface area contributed by atoms with Crippen molar-refractivity contribution in [2.75, 3.05) is 16.8 Å². The van der Waals surface area contributed by atoms with Crippen LogP contribution in [0.3, 0.4) is 0 Å². The van der Waals surface area contributed by atoms with Crippen molar-refractivity contribution in [3.8, 4) is 0 Å². The Labute approximate surface area is 131 Å². The van der Waals surface area contributed by atoms with Gasteiger partial charge in [0, 0.05) is 29.7 Å². The number of anilines is 2. The molecule has 0 aliphatic carbocycles. The fraction of sp³-hybridized carbons (Fsp3) is 0.214. The highest BCUT2D eigenvalue weighted by molar-refractivity contribution is 6.30. The van der Waals surface area contributed by atoms with Crippen molar-refractivity contribution >= 4 is 35.0 Å². The van der Waals surface area contributed by atoms with Gasteiger partial charge >= 0.3 is 6.03 Å². The molecule has 0 spiro atoms. The molecule has 3 amide bonds. The first kappa shape index (κ1) is 14.4. The minimum atomic E-state index is -0.426. The zero-order valence-corrected chi connectivity index (χ0v) is 12.2. The van der Waals surface area contributed by atoms with Crippen LogP contribution < -0.4 is 15.5 Å². The van der Waals surface area contributed by atoms with E-state index in [0.717, 1.165) is 5.69 Å². The SMILES string of the molecule is O=C(Nc1ccon1)N[C@@H]1CC(=O)N(c2ccc(Cl)cc2)C1. The molecule has 2 aromatic rings. The standard InChI is InChI=1S/C14H13ClN4O3/c15-9-1-3-11(4-2-9)19-8-10(7-13(19)20)16-14(21)17-12-5-6-22-18-12/h1-6,10H,7-8H2,(H2,16,17,18,21)/t10-/m1/s1. The summed E-state index contributed by atoms with van der Waals surface area (Å²) in [5.74, 6) is 0.269. The maximum absolute atomic E-state index is 12.1. The van der Waals surface area contributed by atoms with E-state index in [1.54, 1.807) is 29.2 Å². The van der Waals surface area contributed by atoms with Crippen LogP contribution in [0.4, 0.5) is 16.3 Å². The predicted octanol–water partition coefficient (Wildman–Crippen LogP) is 2.25. The second kappa shape index (κ2) is 6.07. The van der Waals surface area contributed by atoms with Gasteiger partial charge < -0.3 is 14.7 Å². The van der Waals surface area contributed by atoms with Crippen molar-refractivity contribution in [2.24, 2.45) is 0 Å². The fourth-order valence-electron chi connectivity index (χ4n) is 2.29. The van der Waals surface area contributed by atoms with E-state index in [0.29, 0.717) is 17.4 Å². The van der Waals surface area contributed by atoms with Crippen molar-refractivity contribution < 1.29 is 14.1 Å². The number of carbonyl (C=O) groups is 2. The molecule has 0 bridgehead atoms. The van der Waals surface area contributed by atoms with Gasteiger partial charge in [-0.2, -0.15) is 0 Å². The number of hydrogen-bond acceptors (Lipinski definition) is 4. The zero-order valence-electron chi connectivity index (χ0n) is 11.5. The maximum Gasteiger partial charge on any atom is 0.320 e. The Hall–Kier alpha value is -2.54. The van der Waals surface area contributed by atoms with Crippen molar-refractivity contribution in [3.05, 3.63) is 41.6 Å². The predicted molar refractivity (Wildman–Crippen MR) is 80.9 cm³/mol. The van der Waals surface area contributed by atoms with Gasteiger partial charge in [0.25, 0.3) is 0 Å². The Kier molecular flexibility index (Phi) is 3.97. The smallest absolute Gasteiger partial charge is 0.320 e. The van der Waals surface area contributed by atoms with E-state index in [-0.39, 0.29) is 18.4 Å². The monoisotopic (exact) mass is 320 g/mol. The van der Waals surface area contributed by atoms with Gasteiger partial charge in [-0.05, 0) is 24.3 Å². The summed E-state index contributed by atoms with van der Waals surface area (Å²) in [5, 5.41) is 9.45. The van der Waals surface area contributed by atoms with E-state index >= 15 is 0 Å². The van der Waals surface area contributed by atoms with E-state index in [2.05, 4.69) is 20.3 Å². The van der Waals surface area contributed by atoms with E-state index in [4.69, 9.17) is 11.6 Å². The van der Waals surface area contributed by atoms with Gasteiger partial charge in [0.15, 0.2) is 5.82 Å². The summed E-state index contributed by atoms with van der Waals surface area (Å²) in [6.45, 7) is 0.409. The van der Waals surface area contributed by atoms with Gasteiger partial charge in [-0.25, -0.2) is 4.79 Å². The Morgan fingerprint density at radius 3 is 2.77 bits per heavy atom. The molecule has 1 atom stereocenters. The Bertz CT molecular complexity index is 672. The van der Waals surface area contributed by atoms with Gasteiger partial charge in [0.1, 0.15) is 6.26 Å². The summed E-state index contributed by atoms with van der Waals surface area (Å²) in [7, 11) is 0. The minimum absolute atomic E-state index is 0.0472. The molecule has 1 aromatic heterocycles. The third-order valence-corrected chi connectivity index (χ3v) is 3.53. The van der Waals surface area contributed by atoms with E-state index in [9.17, 15) is 9.59 Å². The molecule has 114 valence electrons. The number of amides is 3. The van der Waals surface area contributed by atoms with Crippen LogP contribution in [0, 0.1) is 0 Å². The quantitative estimate of drug-likeness (QED) is 0.908. The molecular formula is C14H13ClN4O3. The molecular weight excluding hydrogens is 308 g/mol. The molecule has 1 fully saturated rings. The lowest BCUT2D eigenvalue weighted by Gasteiger charge is -2.17. The summed E-state index contributed by atoms with van der Waals surface area (Å²) >= 11 is 5.84. The minimum Gasteiger partial charge on any atom is -0.363 e. The molecule has 0 unspecified atom stereocenters. The Morgan fingerprint density at radius 2 is 2.09 bits per heavy atom. The molecule has 2 heterocycles. The second-order valence-corrected chi connectivity index (χ2v) is 5.30. The maximum atomic E-state index is 12.1. The summed E-state index contributed by atoms with van der Waals surface area (Å²) in [6.07, 6.45) is 1.60. The van der Waals surface area contributed by atoms with Crippen LogP contribution in [0.5, 0.6) is 0 Å². The first-order valence-electron chi connectivity index (χ1n) is 6.65. The van der Waals surface area contributed by atoms with Crippen LogP contribution in [-0.4, -0.2) is 29.7 Å². The molecule has 0 saturated carbocycles. The van der Waals surface area contributed by atoms with Gasteiger partial charge in [-0.15, -0.1) is 0 Å². The molecule has 8 heteroatoms. The van der Waals surface area contributed by atoms with Crippen molar-refractivity contribution in [1.29, 1.82) is 0 Å². The van der Waals surface area contributed by atoms with E-state index in [1.165, 1.54) is 12.3 Å². The number of nitrogens with zero attached hydrogens (tertiary/aromatic N) is 2. The summed E-state index contributed by atoms with van der Waals surface area (Å²) in [5.41, 5.74) is 0.760.